The average molecular weight is 410 g/mol. The van der Waals surface area contributed by atoms with E-state index >= 15 is 0 Å². The highest BCUT2D eigenvalue weighted by molar-refractivity contribution is 7.91. The standard InChI is InChI=1S/C22H22N2O4S/c1-27-18-12-9-17(10-13-18)11-14-20-23-21(22(28-20)24-15-5-6-16-24)29(25,26)19-7-3-2-4-8-19/h2-4,7-14H,5-6,15-16H2,1H3. The van der Waals surface area contributed by atoms with E-state index in [1.807, 2.05) is 35.2 Å². The fourth-order valence-electron chi connectivity index (χ4n) is 3.27. The van der Waals surface area contributed by atoms with Gasteiger partial charge in [-0.2, -0.15) is 4.98 Å². The molecule has 2 aromatic carbocycles. The van der Waals surface area contributed by atoms with E-state index in [1.165, 1.54) is 0 Å². The summed E-state index contributed by atoms with van der Waals surface area (Å²) in [6.07, 6.45) is 5.52. The molecule has 1 aliphatic rings. The number of hydrogen-bond acceptors (Lipinski definition) is 6. The summed E-state index contributed by atoms with van der Waals surface area (Å²) >= 11 is 0. The molecule has 7 heteroatoms. The molecular formula is C22H22N2O4S. The summed E-state index contributed by atoms with van der Waals surface area (Å²) in [7, 11) is -2.16. The Morgan fingerprint density at radius 2 is 1.69 bits per heavy atom. The summed E-state index contributed by atoms with van der Waals surface area (Å²) in [6.45, 7) is 1.52. The molecule has 150 valence electrons. The molecular weight excluding hydrogens is 388 g/mol. The van der Waals surface area contributed by atoms with E-state index in [2.05, 4.69) is 4.98 Å². The summed E-state index contributed by atoms with van der Waals surface area (Å²) in [4.78, 5) is 6.50. The van der Waals surface area contributed by atoms with Crippen molar-refractivity contribution in [3.05, 3.63) is 66.1 Å². The van der Waals surface area contributed by atoms with Crippen molar-refractivity contribution in [1.82, 2.24) is 4.98 Å². The van der Waals surface area contributed by atoms with Crippen LogP contribution in [0.2, 0.25) is 0 Å². The molecule has 0 N–H and O–H groups in total. The number of ether oxygens (including phenoxy) is 1. The van der Waals surface area contributed by atoms with Gasteiger partial charge < -0.3 is 14.1 Å². The molecule has 2 heterocycles. The van der Waals surface area contributed by atoms with Crippen LogP contribution in [0.1, 0.15) is 24.3 Å². The molecule has 0 spiro atoms. The molecule has 0 bridgehead atoms. The number of oxazole rings is 1. The van der Waals surface area contributed by atoms with Gasteiger partial charge in [0, 0.05) is 19.2 Å². The molecule has 0 aliphatic carbocycles. The summed E-state index contributed by atoms with van der Waals surface area (Å²) < 4.78 is 37.4. The fourth-order valence-corrected chi connectivity index (χ4v) is 4.62. The second-order valence-corrected chi connectivity index (χ2v) is 8.64. The van der Waals surface area contributed by atoms with Crippen molar-refractivity contribution in [2.24, 2.45) is 0 Å². The molecule has 1 aliphatic heterocycles. The maximum Gasteiger partial charge on any atom is 0.236 e. The highest BCUT2D eigenvalue weighted by Gasteiger charge is 2.31. The Morgan fingerprint density at radius 3 is 2.34 bits per heavy atom. The number of anilines is 1. The van der Waals surface area contributed by atoms with Gasteiger partial charge in [-0.1, -0.05) is 30.3 Å². The second-order valence-electron chi connectivity index (χ2n) is 6.78. The zero-order chi connectivity index (χ0) is 20.3. The Morgan fingerprint density at radius 1 is 1.00 bits per heavy atom. The normalized spacial score (nSPS) is 14.6. The Kier molecular flexibility index (Phi) is 5.40. The Bertz CT molecular complexity index is 1100. The first-order valence-corrected chi connectivity index (χ1v) is 10.9. The van der Waals surface area contributed by atoms with E-state index in [9.17, 15) is 8.42 Å². The van der Waals surface area contributed by atoms with Crippen LogP contribution in [0, 0.1) is 0 Å². The van der Waals surface area contributed by atoms with Crippen molar-refractivity contribution in [2.45, 2.75) is 22.8 Å². The van der Waals surface area contributed by atoms with E-state index in [4.69, 9.17) is 9.15 Å². The minimum atomic E-state index is -3.78. The minimum absolute atomic E-state index is 0.0278. The molecule has 3 aromatic rings. The van der Waals surface area contributed by atoms with Gasteiger partial charge in [0.2, 0.25) is 26.6 Å². The number of nitrogens with zero attached hydrogens (tertiary/aromatic N) is 2. The van der Waals surface area contributed by atoms with Crippen molar-refractivity contribution < 1.29 is 17.6 Å². The number of sulfone groups is 1. The Hall–Kier alpha value is -3.06. The van der Waals surface area contributed by atoms with Crippen LogP contribution < -0.4 is 9.64 Å². The molecule has 0 amide bonds. The summed E-state index contributed by atoms with van der Waals surface area (Å²) in [6, 6.07) is 15.9. The lowest BCUT2D eigenvalue weighted by Gasteiger charge is -2.14. The van der Waals surface area contributed by atoms with Gasteiger partial charge in [-0.05, 0) is 48.7 Å². The van der Waals surface area contributed by atoms with E-state index in [-0.39, 0.29) is 15.8 Å². The van der Waals surface area contributed by atoms with Crippen molar-refractivity contribution in [3.8, 4) is 5.75 Å². The van der Waals surface area contributed by atoms with Gasteiger partial charge in [0.15, 0.2) is 0 Å². The third-order valence-electron chi connectivity index (χ3n) is 4.83. The van der Waals surface area contributed by atoms with Crippen LogP contribution in [0.3, 0.4) is 0 Å². The summed E-state index contributed by atoms with van der Waals surface area (Å²) in [5.41, 5.74) is 0.930. The van der Waals surface area contributed by atoms with Crippen LogP contribution in [0.15, 0.2) is 68.9 Å². The second kappa shape index (κ2) is 8.13. The fraction of sp³-hybridized carbons (Fsp3) is 0.227. The number of methoxy groups -OCH3 is 1. The number of rotatable bonds is 6. The van der Waals surface area contributed by atoms with Gasteiger partial charge in [0.1, 0.15) is 5.75 Å². The summed E-state index contributed by atoms with van der Waals surface area (Å²) in [5.74, 6) is 1.35. The quantitative estimate of drug-likeness (QED) is 0.604. The van der Waals surface area contributed by atoms with Crippen LogP contribution in [0.25, 0.3) is 12.2 Å². The smallest absolute Gasteiger partial charge is 0.236 e. The lowest BCUT2D eigenvalue weighted by Crippen LogP contribution is -2.19. The third-order valence-corrected chi connectivity index (χ3v) is 6.50. The van der Waals surface area contributed by atoms with Crippen LogP contribution in [-0.4, -0.2) is 33.6 Å². The molecule has 1 fully saturated rings. The van der Waals surface area contributed by atoms with Crippen LogP contribution in [0.5, 0.6) is 5.75 Å². The Labute approximate surface area is 170 Å². The lowest BCUT2D eigenvalue weighted by atomic mass is 10.2. The monoisotopic (exact) mass is 410 g/mol. The maximum atomic E-state index is 13.2. The lowest BCUT2D eigenvalue weighted by molar-refractivity contribution is 0.415. The molecule has 0 radical (unpaired) electrons. The first kappa shape index (κ1) is 19.3. The van der Waals surface area contributed by atoms with Crippen molar-refractivity contribution in [2.75, 3.05) is 25.1 Å². The van der Waals surface area contributed by atoms with Crippen molar-refractivity contribution in [1.29, 1.82) is 0 Å². The van der Waals surface area contributed by atoms with E-state index in [0.717, 1.165) is 37.2 Å². The predicted octanol–water partition coefficient (Wildman–Crippen LogP) is 4.29. The molecule has 1 saturated heterocycles. The van der Waals surface area contributed by atoms with Gasteiger partial charge in [-0.25, -0.2) is 8.42 Å². The van der Waals surface area contributed by atoms with Gasteiger partial charge in [-0.3, -0.25) is 0 Å². The zero-order valence-electron chi connectivity index (χ0n) is 16.1. The Balaban J connectivity index is 1.71. The molecule has 29 heavy (non-hydrogen) atoms. The molecule has 0 unspecified atom stereocenters. The van der Waals surface area contributed by atoms with Crippen molar-refractivity contribution in [3.63, 3.8) is 0 Å². The molecule has 4 rings (SSSR count). The minimum Gasteiger partial charge on any atom is -0.497 e. The molecule has 6 nitrogen and oxygen atoms in total. The van der Waals surface area contributed by atoms with Gasteiger partial charge >= 0.3 is 0 Å². The number of hydrogen-bond donors (Lipinski definition) is 0. The van der Waals surface area contributed by atoms with Crippen LogP contribution >= 0.6 is 0 Å². The number of aromatic nitrogens is 1. The first-order chi connectivity index (χ1) is 14.1. The van der Waals surface area contributed by atoms with Crippen LogP contribution in [0.4, 0.5) is 5.88 Å². The van der Waals surface area contributed by atoms with Gasteiger partial charge in [0.25, 0.3) is 0 Å². The zero-order valence-corrected chi connectivity index (χ0v) is 16.9. The SMILES string of the molecule is COc1ccc(C=Cc2nc(S(=O)(=O)c3ccccc3)c(N3CCCC3)o2)cc1. The van der Waals surface area contributed by atoms with Gasteiger partial charge in [-0.15, -0.1) is 0 Å². The van der Waals surface area contributed by atoms with Gasteiger partial charge in [0.05, 0.1) is 12.0 Å². The number of benzene rings is 2. The topological polar surface area (TPSA) is 72.6 Å². The summed E-state index contributed by atoms with van der Waals surface area (Å²) in [5, 5.41) is -0.0278. The van der Waals surface area contributed by atoms with Crippen LogP contribution in [-0.2, 0) is 9.84 Å². The molecule has 1 aromatic heterocycles. The van der Waals surface area contributed by atoms with Crippen molar-refractivity contribution >= 4 is 27.9 Å². The van der Waals surface area contributed by atoms with E-state index in [1.54, 1.807) is 43.5 Å². The maximum absolute atomic E-state index is 13.2. The average Bonchev–Trinajstić information content (AvgIpc) is 3.43. The highest BCUT2D eigenvalue weighted by atomic mass is 32.2. The molecule has 0 atom stereocenters. The third kappa shape index (κ3) is 4.05. The predicted molar refractivity (Wildman–Crippen MR) is 112 cm³/mol. The molecule has 0 saturated carbocycles. The van der Waals surface area contributed by atoms with E-state index in [0.29, 0.717) is 5.88 Å². The first-order valence-electron chi connectivity index (χ1n) is 9.46. The largest absolute Gasteiger partial charge is 0.497 e. The van der Waals surface area contributed by atoms with E-state index < -0.39 is 9.84 Å². The highest BCUT2D eigenvalue weighted by Crippen LogP contribution is 2.33.